The van der Waals surface area contributed by atoms with E-state index in [1.165, 1.54) is 0 Å². The number of nitrogens with one attached hydrogen (secondary N) is 2. The Bertz CT molecular complexity index is 655. The van der Waals surface area contributed by atoms with Gasteiger partial charge in [-0.05, 0) is 36.8 Å². The SMILES string of the molecule is Cc1cccc(NC(=O)Nc2ccccc2C(N)=S)c1. The van der Waals surface area contributed by atoms with Crippen LogP contribution >= 0.6 is 12.2 Å². The predicted octanol–water partition coefficient (Wildman–Crippen LogP) is 3.27. The highest BCUT2D eigenvalue weighted by atomic mass is 32.1. The molecule has 2 amide bonds. The van der Waals surface area contributed by atoms with Crippen molar-refractivity contribution >= 4 is 34.6 Å². The Morgan fingerprint density at radius 2 is 1.85 bits per heavy atom. The average Bonchev–Trinajstić information content (AvgIpc) is 2.38. The molecule has 0 saturated carbocycles. The molecule has 102 valence electrons. The van der Waals surface area contributed by atoms with Crippen LogP contribution in [-0.4, -0.2) is 11.0 Å². The van der Waals surface area contributed by atoms with Crippen LogP contribution in [0.4, 0.5) is 16.2 Å². The molecule has 2 aromatic rings. The van der Waals surface area contributed by atoms with Gasteiger partial charge in [0.1, 0.15) is 4.99 Å². The van der Waals surface area contributed by atoms with Gasteiger partial charge in [-0.1, -0.05) is 36.5 Å². The second kappa shape index (κ2) is 6.16. The van der Waals surface area contributed by atoms with Gasteiger partial charge in [-0.25, -0.2) is 4.79 Å². The Kier molecular flexibility index (Phi) is 4.32. The first-order chi connectivity index (χ1) is 9.56. The molecule has 0 aliphatic heterocycles. The third-order valence-corrected chi connectivity index (χ3v) is 2.94. The Morgan fingerprint density at radius 3 is 2.55 bits per heavy atom. The molecule has 0 bridgehead atoms. The molecule has 4 nitrogen and oxygen atoms in total. The van der Waals surface area contributed by atoms with Crippen molar-refractivity contribution in [3.05, 3.63) is 59.7 Å². The molecule has 4 N–H and O–H groups in total. The summed E-state index contributed by atoms with van der Waals surface area (Å²) in [6.45, 7) is 1.96. The number of para-hydroxylation sites is 1. The molecule has 20 heavy (non-hydrogen) atoms. The summed E-state index contributed by atoms with van der Waals surface area (Å²) in [4.78, 5) is 12.2. The number of hydrogen-bond acceptors (Lipinski definition) is 2. The Balaban J connectivity index is 2.11. The summed E-state index contributed by atoms with van der Waals surface area (Å²) in [5, 5.41) is 5.51. The van der Waals surface area contributed by atoms with Crippen LogP contribution in [0.15, 0.2) is 48.5 Å². The van der Waals surface area contributed by atoms with Gasteiger partial charge in [0.05, 0.1) is 5.69 Å². The molecule has 2 aromatic carbocycles. The number of nitrogens with two attached hydrogens (primary N) is 1. The van der Waals surface area contributed by atoms with E-state index in [0.717, 1.165) is 11.3 Å². The molecule has 0 radical (unpaired) electrons. The van der Waals surface area contributed by atoms with Gasteiger partial charge in [0.2, 0.25) is 0 Å². The maximum Gasteiger partial charge on any atom is 0.323 e. The van der Waals surface area contributed by atoms with E-state index in [1.807, 2.05) is 43.3 Å². The van der Waals surface area contributed by atoms with Crippen LogP contribution in [0, 0.1) is 6.92 Å². The van der Waals surface area contributed by atoms with Crippen molar-refractivity contribution in [3.8, 4) is 0 Å². The summed E-state index contributed by atoms with van der Waals surface area (Å²) < 4.78 is 0. The quantitative estimate of drug-likeness (QED) is 0.758. The molecule has 2 rings (SSSR count). The highest BCUT2D eigenvalue weighted by Crippen LogP contribution is 2.16. The minimum atomic E-state index is -0.334. The predicted molar refractivity (Wildman–Crippen MR) is 86.1 cm³/mol. The lowest BCUT2D eigenvalue weighted by molar-refractivity contribution is 0.262. The summed E-state index contributed by atoms with van der Waals surface area (Å²) in [5.74, 6) is 0. The van der Waals surface area contributed by atoms with Gasteiger partial charge >= 0.3 is 6.03 Å². The third-order valence-electron chi connectivity index (χ3n) is 2.72. The number of urea groups is 1. The van der Waals surface area contributed by atoms with Crippen molar-refractivity contribution in [2.45, 2.75) is 6.92 Å². The maximum atomic E-state index is 12.0. The topological polar surface area (TPSA) is 67.2 Å². The van der Waals surface area contributed by atoms with E-state index < -0.39 is 0 Å². The number of aryl methyl sites for hydroxylation is 1. The normalized spacial score (nSPS) is 9.85. The zero-order chi connectivity index (χ0) is 14.5. The minimum Gasteiger partial charge on any atom is -0.389 e. The molecular formula is C15H15N3OS. The molecule has 0 fully saturated rings. The van der Waals surface area contributed by atoms with Crippen LogP contribution in [-0.2, 0) is 0 Å². The van der Waals surface area contributed by atoms with Crippen molar-refractivity contribution < 1.29 is 4.79 Å². The van der Waals surface area contributed by atoms with Gasteiger partial charge in [-0.15, -0.1) is 0 Å². The standard InChI is InChI=1S/C15H15N3OS/c1-10-5-4-6-11(9-10)17-15(19)18-13-8-3-2-7-12(13)14(16)20/h2-9H,1H3,(H2,16,20)(H2,17,18,19). The highest BCUT2D eigenvalue weighted by molar-refractivity contribution is 7.80. The highest BCUT2D eigenvalue weighted by Gasteiger charge is 2.08. The number of benzene rings is 2. The fourth-order valence-electron chi connectivity index (χ4n) is 1.81. The minimum absolute atomic E-state index is 0.247. The number of anilines is 2. The Labute approximate surface area is 123 Å². The summed E-state index contributed by atoms with van der Waals surface area (Å²) in [7, 11) is 0. The van der Waals surface area contributed by atoms with Gasteiger partial charge in [-0.2, -0.15) is 0 Å². The van der Waals surface area contributed by atoms with E-state index in [0.29, 0.717) is 11.3 Å². The summed E-state index contributed by atoms with van der Waals surface area (Å²) in [6, 6.07) is 14.4. The van der Waals surface area contributed by atoms with Crippen LogP contribution in [0.5, 0.6) is 0 Å². The van der Waals surface area contributed by atoms with Crippen molar-refractivity contribution in [2.75, 3.05) is 10.6 Å². The van der Waals surface area contributed by atoms with Crippen LogP contribution < -0.4 is 16.4 Å². The molecule has 0 aromatic heterocycles. The number of hydrogen-bond donors (Lipinski definition) is 3. The fraction of sp³-hybridized carbons (Fsp3) is 0.0667. The van der Waals surface area contributed by atoms with E-state index in [2.05, 4.69) is 10.6 Å². The van der Waals surface area contributed by atoms with Gasteiger partial charge in [-0.3, -0.25) is 0 Å². The van der Waals surface area contributed by atoms with E-state index in [4.69, 9.17) is 18.0 Å². The van der Waals surface area contributed by atoms with E-state index >= 15 is 0 Å². The van der Waals surface area contributed by atoms with Gasteiger partial charge in [0.25, 0.3) is 0 Å². The number of carbonyl (C=O) groups is 1. The number of carbonyl (C=O) groups excluding carboxylic acids is 1. The van der Waals surface area contributed by atoms with Crippen LogP contribution in [0.1, 0.15) is 11.1 Å². The van der Waals surface area contributed by atoms with Crippen LogP contribution in [0.3, 0.4) is 0 Å². The van der Waals surface area contributed by atoms with Gasteiger partial charge < -0.3 is 16.4 Å². The Hall–Kier alpha value is -2.40. The van der Waals surface area contributed by atoms with Crippen LogP contribution in [0.25, 0.3) is 0 Å². The molecule has 5 heteroatoms. The molecule has 0 saturated heterocycles. The molecular weight excluding hydrogens is 270 g/mol. The fourth-order valence-corrected chi connectivity index (χ4v) is 1.99. The lowest BCUT2D eigenvalue weighted by Gasteiger charge is -2.11. The number of amides is 2. The first kappa shape index (κ1) is 14.0. The van der Waals surface area contributed by atoms with Crippen molar-refractivity contribution in [1.82, 2.24) is 0 Å². The second-order valence-electron chi connectivity index (χ2n) is 4.36. The lowest BCUT2D eigenvalue weighted by atomic mass is 10.2. The molecule has 0 aliphatic carbocycles. The first-order valence-electron chi connectivity index (χ1n) is 6.10. The summed E-state index contributed by atoms with van der Waals surface area (Å²) >= 11 is 4.96. The number of rotatable bonds is 3. The zero-order valence-electron chi connectivity index (χ0n) is 11.0. The third kappa shape index (κ3) is 3.55. The Morgan fingerprint density at radius 1 is 1.10 bits per heavy atom. The van der Waals surface area contributed by atoms with Gasteiger partial charge in [0, 0.05) is 11.3 Å². The molecule has 0 atom stereocenters. The van der Waals surface area contributed by atoms with Crippen molar-refractivity contribution in [3.63, 3.8) is 0 Å². The summed E-state index contributed by atoms with van der Waals surface area (Å²) in [5.41, 5.74) is 8.66. The van der Waals surface area contributed by atoms with E-state index in [9.17, 15) is 4.79 Å². The molecule has 0 spiro atoms. The zero-order valence-corrected chi connectivity index (χ0v) is 11.8. The molecule has 0 heterocycles. The van der Waals surface area contributed by atoms with E-state index in [1.54, 1.807) is 12.1 Å². The first-order valence-corrected chi connectivity index (χ1v) is 6.50. The van der Waals surface area contributed by atoms with Gasteiger partial charge in [0.15, 0.2) is 0 Å². The number of thiocarbonyl (C=S) groups is 1. The molecule has 0 unspecified atom stereocenters. The van der Waals surface area contributed by atoms with Crippen molar-refractivity contribution in [1.29, 1.82) is 0 Å². The second-order valence-corrected chi connectivity index (χ2v) is 4.80. The van der Waals surface area contributed by atoms with Crippen molar-refractivity contribution in [2.24, 2.45) is 5.73 Å². The monoisotopic (exact) mass is 285 g/mol. The maximum absolute atomic E-state index is 12.0. The van der Waals surface area contributed by atoms with E-state index in [-0.39, 0.29) is 11.0 Å². The summed E-state index contributed by atoms with van der Waals surface area (Å²) in [6.07, 6.45) is 0. The lowest BCUT2D eigenvalue weighted by Crippen LogP contribution is -2.22. The largest absolute Gasteiger partial charge is 0.389 e. The average molecular weight is 285 g/mol. The van der Waals surface area contributed by atoms with Crippen LogP contribution in [0.2, 0.25) is 0 Å². The molecule has 0 aliphatic rings. The smallest absolute Gasteiger partial charge is 0.323 e.